The van der Waals surface area contributed by atoms with Gasteiger partial charge in [0.15, 0.2) is 0 Å². The van der Waals surface area contributed by atoms with Crippen molar-refractivity contribution in [2.24, 2.45) is 0 Å². The fraction of sp³-hybridized carbons (Fsp3) is 0.267. The van der Waals surface area contributed by atoms with Crippen LogP contribution in [0.25, 0.3) is 0 Å². The standard InChI is InChI=1S/C15H18N2O3/c1-11(18)14-7-4-8-17(14)10-15(19)16-12-5-3-6-13(9-12)20-2/h3-9,11,18H,10H2,1-2H3,(H,16,19). The van der Waals surface area contributed by atoms with Crippen LogP contribution >= 0.6 is 0 Å². The van der Waals surface area contributed by atoms with E-state index in [0.717, 1.165) is 0 Å². The second-order valence-corrected chi connectivity index (χ2v) is 4.52. The zero-order chi connectivity index (χ0) is 14.5. The van der Waals surface area contributed by atoms with E-state index in [1.54, 1.807) is 49.1 Å². The number of anilines is 1. The van der Waals surface area contributed by atoms with Gasteiger partial charge in [0.2, 0.25) is 5.91 Å². The lowest BCUT2D eigenvalue weighted by molar-refractivity contribution is -0.116. The highest BCUT2D eigenvalue weighted by Crippen LogP contribution is 2.17. The van der Waals surface area contributed by atoms with Gasteiger partial charge in [-0.3, -0.25) is 4.79 Å². The van der Waals surface area contributed by atoms with Crippen molar-refractivity contribution in [1.82, 2.24) is 4.57 Å². The summed E-state index contributed by atoms with van der Waals surface area (Å²) in [6, 6.07) is 10.8. The van der Waals surface area contributed by atoms with Crippen LogP contribution in [0.1, 0.15) is 18.7 Å². The van der Waals surface area contributed by atoms with Crippen LogP contribution in [0.2, 0.25) is 0 Å². The van der Waals surface area contributed by atoms with Gasteiger partial charge in [-0.25, -0.2) is 0 Å². The molecule has 1 aromatic heterocycles. The molecule has 2 N–H and O–H groups in total. The number of carbonyl (C=O) groups is 1. The molecule has 1 atom stereocenters. The number of carbonyl (C=O) groups excluding carboxylic acids is 1. The number of aromatic nitrogens is 1. The Morgan fingerprint density at radius 1 is 1.40 bits per heavy atom. The number of hydrogen-bond acceptors (Lipinski definition) is 3. The van der Waals surface area contributed by atoms with Gasteiger partial charge in [0.05, 0.1) is 13.2 Å². The highest BCUT2D eigenvalue weighted by Gasteiger charge is 2.10. The normalized spacial score (nSPS) is 11.9. The fourth-order valence-corrected chi connectivity index (χ4v) is 2.01. The molecule has 0 spiro atoms. The minimum atomic E-state index is -0.602. The van der Waals surface area contributed by atoms with Crippen molar-refractivity contribution < 1.29 is 14.6 Å². The second kappa shape index (κ2) is 6.25. The van der Waals surface area contributed by atoms with Crippen LogP contribution in [0.5, 0.6) is 5.75 Å². The summed E-state index contributed by atoms with van der Waals surface area (Å²) in [5, 5.41) is 12.4. The summed E-state index contributed by atoms with van der Waals surface area (Å²) >= 11 is 0. The van der Waals surface area contributed by atoms with Crippen molar-refractivity contribution in [1.29, 1.82) is 0 Å². The maximum absolute atomic E-state index is 12.0. The van der Waals surface area contributed by atoms with Crippen LogP contribution < -0.4 is 10.1 Å². The Labute approximate surface area is 117 Å². The van der Waals surface area contributed by atoms with Crippen molar-refractivity contribution in [3.05, 3.63) is 48.3 Å². The lowest BCUT2D eigenvalue weighted by Gasteiger charge is -2.12. The largest absolute Gasteiger partial charge is 0.497 e. The van der Waals surface area contributed by atoms with Gasteiger partial charge in [-0.15, -0.1) is 0 Å². The minimum absolute atomic E-state index is 0.156. The first-order valence-corrected chi connectivity index (χ1v) is 6.37. The van der Waals surface area contributed by atoms with Crippen molar-refractivity contribution in [2.45, 2.75) is 19.6 Å². The van der Waals surface area contributed by atoms with Crippen LogP contribution in [0.4, 0.5) is 5.69 Å². The number of nitrogens with one attached hydrogen (secondary N) is 1. The van der Waals surface area contributed by atoms with E-state index >= 15 is 0 Å². The number of amides is 1. The third kappa shape index (κ3) is 3.39. The van der Waals surface area contributed by atoms with Crippen LogP contribution in [-0.4, -0.2) is 22.7 Å². The van der Waals surface area contributed by atoms with Gasteiger partial charge >= 0.3 is 0 Å². The van der Waals surface area contributed by atoms with E-state index < -0.39 is 6.10 Å². The molecule has 1 amide bonds. The molecule has 1 unspecified atom stereocenters. The SMILES string of the molecule is COc1cccc(NC(=O)Cn2cccc2C(C)O)c1. The van der Waals surface area contributed by atoms with E-state index in [-0.39, 0.29) is 12.5 Å². The lowest BCUT2D eigenvalue weighted by Crippen LogP contribution is -2.20. The summed E-state index contributed by atoms with van der Waals surface area (Å²) in [4.78, 5) is 12.0. The summed E-state index contributed by atoms with van der Waals surface area (Å²) in [5.41, 5.74) is 1.39. The van der Waals surface area contributed by atoms with Gasteiger partial charge in [0.25, 0.3) is 0 Å². The topological polar surface area (TPSA) is 63.5 Å². The van der Waals surface area contributed by atoms with Gasteiger partial charge in [-0.2, -0.15) is 0 Å². The van der Waals surface area contributed by atoms with E-state index in [4.69, 9.17) is 4.74 Å². The quantitative estimate of drug-likeness (QED) is 0.878. The third-order valence-corrected chi connectivity index (χ3v) is 2.96. The molecular formula is C15H18N2O3. The zero-order valence-corrected chi connectivity index (χ0v) is 11.5. The Kier molecular flexibility index (Phi) is 4.42. The Bertz CT molecular complexity index is 590. The van der Waals surface area contributed by atoms with Crippen molar-refractivity contribution in [3.63, 3.8) is 0 Å². The van der Waals surface area contributed by atoms with Crippen molar-refractivity contribution in [2.75, 3.05) is 12.4 Å². The summed E-state index contributed by atoms with van der Waals surface area (Å²) in [5.74, 6) is 0.532. The predicted molar refractivity (Wildman–Crippen MR) is 76.7 cm³/mol. The number of aliphatic hydroxyl groups excluding tert-OH is 1. The molecule has 0 aliphatic carbocycles. The first-order chi connectivity index (χ1) is 9.60. The second-order valence-electron chi connectivity index (χ2n) is 4.52. The molecule has 2 aromatic rings. The first-order valence-electron chi connectivity index (χ1n) is 6.37. The van der Waals surface area contributed by atoms with Gasteiger partial charge < -0.3 is 19.7 Å². The minimum Gasteiger partial charge on any atom is -0.497 e. The highest BCUT2D eigenvalue weighted by atomic mass is 16.5. The van der Waals surface area contributed by atoms with E-state index in [9.17, 15) is 9.90 Å². The number of nitrogens with zero attached hydrogens (tertiary/aromatic N) is 1. The summed E-state index contributed by atoms with van der Waals surface area (Å²) < 4.78 is 6.83. The van der Waals surface area contributed by atoms with Crippen molar-refractivity contribution in [3.8, 4) is 5.75 Å². The monoisotopic (exact) mass is 274 g/mol. The van der Waals surface area contributed by atoms with Crippen molar-refractivity contribution >= 4 is 11.6 Å². The molecule has 5 nitrogen and oxygen atoms in total. The Balaban J connectivity index is 2.03. The molecule has 0 saturated carbocycles. The number of benzene rings is 1. The number of rotatable bonds is 5. The summed E-state index contributed by atoms with van der Waals surface area (Å²) in [6.07, 6.45) is 1.17. The molecule has 0 aliphatic heterocycles. The van der Waals surface area contributed by atoms with Crippen LogP contribution in [-0.2, 0) is 11.3 Å². The van der Waals surface area contributed by atoms with Gasteiger partial charge in [-0.1, -0.05) is 6.07 Å². The Morgan fingerprint density at radius 2 is 2.20 bits per heavy atom. The summed E-state index contributed by atoms with van der Waals surface area (Å²) in [7, 11) is 1.58. The molecule has 106 valence electrons. The maximum atomic E-state index is 12.0. The number of methoxy groups -OCH3 is 1. The van der Waals surface area contributed by atoms with E-state index in [1.807, 2.05) is 12.1 Å². The molecule has 0 fully saturated rings. The summed E-state index contributed by atoms with van der Waals surface area (Å²) in [6.45, 7) is 1.83. The number of ether oxygens (including phenoxy) is 1. The maximum Gasteiger partial charge on any atom is 0.244 e. The average Bonchev–Trinajstić information content (AvgIpc) is 2.87. The van der Waals surface area contributed by atoms with E-state index in [0.29, 0.717) is 17.1 Å². The predicted octanol–water partition coefficient (Wildman–Crippen LogP) is 2.19. The van der Waals surface area contributed by atoms with Gasteiger partial charge in [-0.05, 0) is 31.2 Å². The molecule has 0 bridgehead atoms. The molecule has 1 heterocycles. The Morgan fingerprint density at radius 3 is 2.90 bits per heavy atom. The third-order valence-electron chi connectivity index (χ3n) is 2.96. The highest BCUT2D eigenvalue weighted by molar-refractivity contribution is 5.90. The fourth-order valence-electron chi connectivity index (χ4n) is 2.01. The van der Waals surface area contributed by atoms with Gasteiger partial charge in [0.1, 0.15) is 12.3 Å². The average molecular weight is 274 g/mol. The molecule has 20 heavy (non-hydrogen) atoms. The Hall–Kier alpha value is -2.27. The van der Waals surface area contributed by atoms with E-state index in [2.05, 4.69) is 5.32 Å². The van der Waals surface area contributed by atoms with Gasteiger partial charge in [0, 0.05) is 23.6 Å². The molecule has 2 rings (SSSR count). The smallest absolute Gasteiger partial charge is 0.244 e. The number of aliphatic hydroxyl groups is 1. The van der Waals surface area contributed by atoms with Crippen LogP contribution in [0.3, 0.4) is 0 Å². The molecule has 0 aliphatic rings. The first kappa shape index (κ1) is 14.1. The molecule has 0 radical (unpaired) electrons. The molecule has 0 saturated heterocycles. The van der Waals surface area contributed by atoms with E-state index in [1.165, 1.54) is 0 Å². The van der Waals surface area contributed by atoms with Crippen LogP contribution in [0, 0.1) is 0 Å². The zero-order valence-electron chi connectivity index (χ0n) is 11.5. The number of hydrogen-bond donors (Lipinski definition) is 2. The lowest BCUT2D eigenvalue weighted by atomic mass is 10.3. The molecule has 5 heteroatoms. The van der Waals surface area contributed by atoms with Crippen LogP contribution in [0.15, 0.2) is 42.6 Å². The molecule has 1 aromatic carbocycles. The molecular weight excluding hydrogens is 256 g/mol.